The van der Waals surface area contributed by atoms with E-state index in [4.69, 9.17) is 9.47 Å². The summed E-state index contributed by atoms with van der Waals surface area (Å²) >= 11 is 0. The van der Waals surface area contributed by atoms with Crippen LogP contribution in [0.1, 0.15) is 41.6 Å². The Bertz CT molecular complexity index is 580. The van der Waals surface area contributed by atoms with Crippen molar-refractivity contribution >= 4 is 18.3 Å². The van der Waals surface area contributed by atoms with Crippen molar-refractivity contribution in [2.45, 2.75) is 32.6 Å². The molecule has 2 aliphatic heterocycles. The van der Waals surface area contributed by atoms with Crippen LogP contribution in [-0.4, -0.2) is 51.2 Å². The van der Waals surface area contributed by atoms with Crippen LogP contribution in [0.4, 0.5) is 0 Å². The molecule has 1 spiro atoms. The number of ether oxygens (including phenoxy) is 2. The first-order valence-corrected chi connectivity index (χ1v) is 8.81. The van der Waals surface area contributed by atoms with E-state index in [9.17, 15) is 4.79 Å². The minimum absolute atomic E-state index is 0. The summed E-state index contributed by atoms with van der Waals surface area (Å²) in [6, 6.07) is 3.66. The van der Waals surface area contributed by atoms with E-state index in [0.717, 1.165) is 44.6 Å². The number of carbonyl (C=O) groups is 1. The zero-order chi connectivity index (χ0) is 17.2. The molecule has 2 heterocycles. The van der Waals surface area contributed by atoms with Crippen molar-refractivity contribution in [2.75, 3.05) is 40.4 Å². The van der Waals surface area contributed by atoms with Crippen LogP contribution >= 0.6 is 12.4 Å². The number of hydrogen-bond acceptors (Lipinski definition) is 4. The smallest absolute Gasteiger partial charge is 0.254 e. The highest BCUT2D eigenvalue weighted by Crippen LogP contribution is 2.40. The van der Waals surface area contributed by atoms with Crippen LogP contribution < -0.4 is 14.8 Å². The summed E-state index contributed by atoms with van der Waals surface area (Å²) in [5.74, 6) is 1.48. The van der Waals surface area contributed by atoms with Crippen molar-refractivity contribution < 1.29 is 14.3 Å². The molecule has 1 aromatic carbocycles. The monoisotopic (exact) mass is 368 g/mol. The summed E-state index contributed by atoms with van der Waals surface area (Å²) < 4.78 is 10.8. The van der Waals surface area contributed by atoms with Gasteiger partial charge in [0.25, 0.3) is 5.91 Å². The summed E-state index contributed by atoms with van der Waals surface area (Å²) in [7, 11) is 3.25. The fourth-order valence-corrected chi connectivity index (χ4v) is 4.03. The van der Waals surface area contributed by atoms with Gasteiger partial charge in [-0.05, 0) is 63.2 Å². The number of rotatable bonds is 3. The second-order valence-corrected chi connectivity index (χ2v) is 7.05. The van der Waals surface area contributed by atoms with Gasteiger partial charge in [-0.15, -0.1) is 12.4 Å². The van der Waals surface area contributed by atoms with Crippen molar-refractivity contribution in [1.82, 2.24) is 10.2 Å². The average molecular weight is 369 g/mol. The number of piperidine rings is 2. The number of nitrogens with zero attached hydrogens (tertiary/aromatic N) is 1. The van der Waals surface area contributed by atoms with Crippen molar-refractivity contribution in [3.05, 3.63) is 23.3 Å². The first-order valence-electron chi connectivity index (χ1n) is 8.81. The van der Waals surface area contributed by atoms with E-state index >= 15 is 0 Å². The zero-order valence-corrected chi connectivity index (χ0v) is 16.2. The Kier molecular flexibility index (Phi) is 6.58. The lowest BCUT2D eigenvalue weighted by atomic mass is 9.71. The molecular weight excluding hydrogens is 340 g/mol. The molecule has 3 rings (SSSR count). The molecule has 0 atom stereocenters. The van der Waals surface area contributed by atoms with Crippen molar-refractivity contribution in [3.8, 4) is 11.5 Å². The third-order valence-electron chi connectivity index (χ3n) is 5.77. The Balaban J connectivity index is 0.00000225. The van der Waals surface area contributed by atoms with E-state index in [-0.39, 0.29) is 18.3 Å². The molecule has 0 aliphatic carbocycles. The molecule has 2 aliphatic rings. The largest absolute Gasteiger partial charge is 0.496 e. The fourth-order valence-electron chi connectivity index (χ4n) is 4.03. The summed E-state index contributed by atoms with van der Waals surface area (Å²) in [6.07, 6.45) is 4.70. The SMILES string of the molecule is COc1cc(C(=O)N2CCC3(CCNCC3)CC2)cc(OC)c1C.Cl. The lowest BCUT2D eigenvalue weighted by Crippen LogP contribution is -2.47. The molecule has 2 saturated heterocycles. The molecule has 6 heteroatoms. The predicted octanol–water partition coefficient (Wildman–Crippen LogP) is 3.04. The second kappa shape index (κ2) is 8.28. The number of benzene rings is 1. The standard InChI is InChI=1S/C19H28N2O3.ClH/c1-14-16(23-2)12-15(13-17(14)24-3)18(22)21-10-6-19(7-11-21)4-8-20-9-5-19;/h12-13,20H,4-11H2,1-3H3;1H. The van der Waals surface area contributed by atoms with Gasteiger partial charge in [-0.2, -0.15) is 0 Å². The first-order chi connectivity index (χ1) is 11.6. The van der Waals surface area contributed by atoms with E-state index in [1.165, 1.54) is 12.8 Å². The van der Waals surface area contributed by atoms with Gasteiger partial charge in [-0.3, -0.25) is 4.79 Å². The van der Waals surface area contributed by atoms with Gasteiger partial charge in [-0.1, -0.05) is 0 Å². The van der Waals surface area contributed by atoms with Gasteiger partial charge in [0.05, 0.1) is 14.2 Å². The first kappa shape index (κ1) is 19.9. The van der Waals surface area contributed by atoms with Gasteiger partial charge in [0, 0.05) is 24.2 Å². The van der Waals surface area contributed by atoms with Crippen LogP contribution in [0, 0.1) is 12.3 Å². The van der Waals surface area contributed by atoms with Crippen LogP contribution in [0.3, 0.4) is 0 Å². The summed E-state index contributed by atoms with van der Waals surface area (Å²) in [4.78, 5) is 14.9. The Hall–Kier alpha value is -1.46. The van der Waals surface area contributed by atoms with E-state index in [1.807, 2.05) is 24.0 Å². The van der Waals surface area contributed by atoms with E-state index in [0.29, 0.717) is 22.5 Å². The zero-order valence-electron chi connectivity index (χ0n) is 15.4. The Morgan fingerprint density at radius 3 is 2.04 bits per heavy atom. The fraction of sp³-hybridized carbons (Fsp3) is 0.632. The molecule has 1 N–H and O–H groups in total. The van der Waals surface area contributed by atoms with E-state index in [1.54, 1.807) is 14.2 Å². The van der Waals surface area contributed by atoms with Crippen LogP contribution in [0.5, 0.6) is 11.5 Å². The van der Waals surface area contributed by atoms with Gasteiger partial charge in [0.2, 0.25) is 0 Å². The Morgan fingerprint density at radius 2 is 1.56 bits per heavy atom. The number of halogens is 1. The van der Waals surface area contributed by atoms with Gasteiger partial charge in [0.1, 0.15) is 11.5 Å². The Labute approximate surface area is 156 Å². The van der Waals surface area contributed by atoms with E-state index < -0.39 is 0 Å². The van der Waals surface area contributed by atoms with Gasteiger partial charge >= 0.3 is 0 Å². The summed E-state index contributed by atoms with van der Waals surface area (Å²) in [5, 5.41) is 3.44. The molecule has 0 saturated carbocycles. The molecular formula is C19H29ClN2O3. The molecule has 0 radical (unpaired) electrons. The average Bonchev–Trinajstić information content (AvgIpc) is 2.63. The predicted molar refractivity (Wildman–Crippen MR) is 101 cm³/mol. The normalized spacial score (nSPS) is 19.2. The molecule has 1 aromatic rings. The molecule has 0 unspecified atom stereocenters. The lowest BCUT2D eigenvalue weighted by molar-refractivity contribution is 0.0495. The summed E-state index contributed by atoms with van der Waals surface area (Å²) in [5.41, 5.74) is 2.02. The number of carbonyl (C=O) groups excluding carboxylic acids is 1. The number of hydrogen-bond donors (Lipinski definition) is 1. The summed E-state index contributed by atoms with van der Waals surface area (Å²) in [6.45, 7) is 5.85. The van der Waals surface area contributed by atoms with Crippen molar-refractivity contribution in [3.63, 3.8) is 0 Å². The third-order valence-corrected chi connectivity index (χ3v) is 5.77. The minimum Gasteiger partial charge on any atom is -0.496 e. The highest BCUT2D eigenvalue weighted by molar-refractivity contribution is 5.95. The maximum atomic E-state index is 12.9. The molecule has 0 aromatic heterocycles. The number of nitrogens with one attached hydrogen (secondary N) is 1. The maximum Gasteiger partial charge on any atom is 0.254 e. The Morgan fingerprint density at radius 1 is 1.04 bits per heavy atom. The van der Waals surface area contributed by atoms with Crippen LogP contribution in [0.15, 0.2) is 12.1 Å². The molecule has 2 fully saturated rings. The number of amides is 1. The van der Waals surface area contributed by atoms with Gasteiger partial charge < -0.3 is 19.7 Å². The van der Waals surface area contributed by atoms with Crippen molar-refractivity contribution in [1.29, 1.82) is 0 Å². The number of likely N-dealkylation sites (tertiary alicyclic amines) is 1. The molecule has 0 bridgehead atoms. The van der Waals surface area contributed by atoms with Crippen LogP contribution in [0.2, 0.25) is 0 Å². The highest BCUT2D eigenvalue weighted by atomic mass is 35.5. The quantitative estimate of drug-likeness (QED) is 0.890. The highest BCUT2D eigenvalue weighted by Gasteiger charge is 2.37. The van der Waals surface area contributed by atoms with Gasteiger partial charge in [-0.25, -0.2) is 0 Å². The molecule has 25 heavy (non-hydrogen) atoms. The molecule has 140 valence electrons. The number of methoxy groups -OCH3 is 2. The lowest BCUT2D eigenvalue weighted by Gasteiger charge is -2.44. The van der Waals surface area contributed by atoms with E-state index in [2.05, 4.69) is 5.32 Å². The topological polar surface area (TPSA) is 50.8 Å². The molecule has 1 amide bonds. The van der Waals surface area contributed by atoms with Crippen molar-refractivity contribution in [2.24, 2.45) is 5.41 Å². The minimum atomic E-state index is 0. The second-order valence-electron chi connectivity index (χ2n) is 7.05. The third kappa shape index (κ3) is 4.04. The van der Waals surface area contributed by atoms with Crippen LogP contribution in [0.25, 0.3) is 0 Å². The molecule has 5 nitrogen and oxygen atoms in total. The maximum absolute atomic E-state index is 12.9. The van der Waals surface area contributed by atoms with Crippen LogP contribution in [-0.2, 0) is 0 Å². The van der Waals surface area contributed by atoms with Gasteiger partial charge in [0.15, 0.2) is 0 Å².